The third kappa shape index (κ3) is 6.22. The second-order valence-electron chi connectivity index (χ2n) is 2.63. The Labute approximate surface area is 85.8 Å². The summed E-state index contributed by atoms with van der Waals surface area (Å²) in [5, 5.41) is 21.6. The van der Waals surface area contributed by atoms with Crippen molar-refractivity contribution in [1.82, 2.24) is 10.6 Å². The van der Waals surface area contributed by atoms with E-state index in [1.807, 2.05) is 0 Å². The number of rotatable bonds is 6. The lowest BCUT2D eigenvalue weighted by Crippen LogP contribution is -2.46. The van der Waals surface area contributed by atoms with Crippen molar-refractivity contribution in [3.8, 4) is 0 Å². The van der Waals surface area contributed by atoms with Gasteiger partial charge in [0, 0.05) is 18.7 Å². The van der Waals surface area contributed by atoms with Gasteiger partial charge in [-0.05, 0) is 7.05 Å². The van der Waals surface area contributed by atoms with Crippen LogP contribution in [0, 0.1) is 0 Å². The van der Waals surface area contributed by atoms with E-state index in [2.05, 4.69) is 10.6 Å². The van der Waals surface area contributed by atoms with E-state index in [-0.39, 0.29) is 6.54 Å². The van der Waals surface area contributed by atoms with E-state index >= 15 is 0 Å². The zero-order valence-corrected chi connectivity index (χ0v) is 8.06. The maximum atomic E-state index is 11.0. The van der Waals surface area contributed by atoms with Crippen LogP contribution in [0.2, 0.25) is 0 Å². The van der Waals surface area contributed by atoms with E-state index in [1.54, 1.807) is 0 Å². The number of carbonyl (C=O) groups excluding carboxylic acids is 1. The van der Waals surface area contributed by atoms with Crippen molar-refractivity contribution in [2.75, 3.05) is 13.6 Å². The van der Waals surface area contributed by atoms with E-state index < -0.39 is 23.9 Å². The summed E-state index contributed by atoms with van der Waals surface area (Å²) < 4.78 is 0. The molecule has 0 saturated heterocycles. The van der Waals surface area contributed by atoms with Crippen LogP contribution < -0.4 is 10.6 Å². The Kier molecular flexibility index (Phi) is 5.72. The van der Waals surface area contributed by atoms with Gasteiger partial charge in [0.25, 0.3) is 0 Å². The monoisotopic (exact) mass is 216 g/mol. The largest absolute Gasteiger partial charge is 0.480 e. The molecule has 1 amide bonds. The van der Waals surface area contributed by atoms with Crippen molar-refractivity contribution in [3.05, 3.63) is 12.2 Å². The average Bonchev–Trinajstić information content (AvgIpc) is 2.14. The van der Waals surface area contributed by atoms with Crippen molar-refractivity contribution < 1.29 is 24.6 Å². The molecule has 1 atom stereocenters. The average molecular weight is 216 g/mol. The molecule has 0 radical (unpaired) electrons. The molecule has 0 saturated carbocycles. The van der Waals surface area contributed by atoms with E-state index in [0.29, 0.717) is 6.08 Å². The lowest BCUT2D eigenvalue weighted by molar-refractivity contribution is -0.141. The van der Waals surface area contributed by atoms with Gasteiger partial charge in [0.1, 0.15) is 6.04 Å². The zero-order valence-electron chi connectivity index (χ0n) is 8.06. The van der Waals surface area contributed by atoms with Gasteiger partial charge < -0.3 is 20.8 Å². The molecule has 7 heteroatoms. The first-order valence-corrected chi connectivity index (χ1v) is 4.06. The summed E-state index contributed by atoms with van der Waals surface area (Å²) in [5.74, 6) is -3.23. The standard InChI is InChI=1S/C8H12N2O5/c1-9-4-5(8(14)15)10-6(11)2-3-7(12)13/h2-3,5,9H,4H2,1H3,(H,10,11)(H,12,13)(H,14,15)/b3-2-/t5-/m0/s1. The van der Waals surface area contributed by atoms with Gasteiger partial charge in [0.15, 0.2) is 0 Å². The minimum Gasteiger partial charge on any atom is -0.480 e. The summed E-state index contributed by atoms with van der Waals surface area (Å²) in [7, 11) is 1.54. The molecule has 0 aromatic heterocycles. The van der Waals surface area contributed by atoms with E-state index in [4.69, 9.17) is 10.2 Å². The van der Waals surface area contributed by atoms with Gasteiger partial charge in [0.05, 0.1) is 0 Å². The Morgan fingerprint density at radius 3 is 2.27 bits per heavy atom. The maximum absolute atomic E-state index is 11.0. The second-order valence-corrected chi connectivity index (χ2v) is 2.63. The van der Waals surface area contributed by atoms with Gasteiger partial charge in [-0.15, -0.1) is 0 Å². The molecule has 4 N–H and O–H groups in total. The summed E-state index contributed by atoms with van der Waals surface area (Å²) in [6.45, 7) is 0.0575. The van der Waals surface area contributed by atoms with Crippen molar-refractivity contribution in [2.45, 2.75) is 6.04 Å². The molecule has 0 aromatic rings. The predicted molar refractivity (Wildman–Crippen MR) is 50.3 cm³/mol. The summed E-state index contributed by atoms with van der Waals surface area (Å²) in [5.41, 5.74) is 0. The molecule has 0 spiro atoms. The third-order valence-electron chi connectivity index (χ3n) is 1.40. The molecule has 0 aromatic carbocycles. The SMILES string of the molecule is CNC[C@H](NC(=O)/C=C\C(=O)O)C(=O)O. The molecule has 0 fully saturated rings. The highest BCUT2D eigenvalue weighted by Gasteiger charge is 2.17. The van der Waals surface area contributed by atoms with Crippen LogP contribution in [-0.4, -0.2) is 47.7 Å². The highest BCUT2D eigenvalue weighted by Crippen LogP contribution is 1.84. The summed E-state index contributed by atoms with van der Waals surface area (Å²) >= 11 is 0. The molecule has 0 aliphatic carbocycles. The van der Waals surface area contributed by atoms with Crippen LogP contribution in [0.5, 0.6) is 0 Å². The van der Waals surface area contributed by atoms with Gasteiger partial charge in [-0.25, -0.2) is 9.59 Å². The summed E-state index contributed by atoms with van der Waals surface area (Å²) in [4.78, 5) is 31.6. The molecular formula is C8H12N2O5. The Morgan fingerprint density at radius 2 is 1.87 bits per heavy atom. The van der Waals surface area contributed by atoms with E-state index in [1.165, 1.54) is 7.05 Å². The van der Waals surface area contributed by atoms with Crippen molar-refractivity contribution in [2.24, 2.45) is 0 Å². The Balaban J connectivity index is 4.23. The number of hydrogen-bond acceptors (Lipinski definition) is 4. The lowest BCUT2D eigenvalue weighted by Gasteiger charge is -2.11. The molecule has 0 aliphatic heterocycles. The normalized spacial score (nSPS) is 12.3. The van der Waals surface area contributed by atoms with Crippen LogP contribution >= 0.6 is 0 Å². The summed E-state index contributed by atoms with van der Waals surface area (Å²) in [6.07, 6.45) is 1.39. The first kappa shape index (κ1) is 13.1. The number of carboxylic acid groups (broad SMARTS) is 2. The topological polar surface area (TPSA) is 116 Å². The van der Waals surface area contributed by atoms with Crippen molar-refractivity contribution in [1.29, 1.82) is 0 Å². The third-order valence-corrected chi connectivity index (χ3v) is 1.40. The second kappa shape index (κ2) is 6.55. The number of amides is 1. The number of carboxylic acids is 2. The molecule has 7 nitrogen and oxygen atoms in total. The minimum absolute atomic E-state index is 0.0575. The van der Waals surface area contributed by atoms with Gasteiger partial charge in [0.2, 0.25) is 5.91 Å². The lowest BCUT2D eigenvalue weighted by atomic mass is 10.3. The van der Waals surface area contributed by atoms with E-state index in [0.717, 1.165) is 6.08 Å². The molecule has 0 aliphatic rings. The zero-order chi connectivity index (χ0) is 11.8. The van der Waals surface area contributed by atoms with Crippen molar-refractivity contribution in [3.63, 3.8) is 0 Å². The number of likely N-dealkylation sites (N-methyl/N-ethyl adjacent to an activating group) is 1. The Morgan fingerprint density at radius 1 is 1.27 bits per heavy atom. The molecule has 84 valence electrons. The molecule has 15 heavy (non-hydrogen) atoms. The van der Waals surface area contributed by atoms with Crippen molar-refractivity contribution >= 4 is 17.8 Å². The molecular weight excluding hydrogens is 204 g/mol. The fourth-order valence-electron chi connectivity index (χ4n) is 0.771. The fraction of sp³-hybridized carbons (Fsp3) is 0.375. The first-order chi connectivity index (χ1) is 6.97. The number of aliphatic carboxylic acids is 2. The Hall–Kier alpha value is -1.89. The van der Waals surface area contributed by atoms with Gasteiger partial charge in [-0.3, -0.25) is 4.79 Å². The van der Waals surface area contributed by atoms with Crippen LogP contribution in [0.3, 0.4) is 0 Å². The van der Waals surface area contributed by atoms with Crippen LogP contribution in [0.4, 0.5) is 0 Å². The Bertz CT molecular complexity index is 287. The number of hydrogen-bond donors (Lipinski definition) is 4. The maximum Gasteiger partial charge on any atom is 0.328 e. The van der Waals surface area contributed by atoms with Gasteiger partial charge in [-0.1, -0.05) is 0 Å². The number of carbonyl (C=O) groups is 3. The highest BCUT2D eigenvalue weighted by molar-refractivity contribution is 5.95. The van der Waals surface area contributed by atoms with E-state index in [9.17, 15) is 14.4 Å². The molecule has 0 rings (SSSR count). The van der Waals surface area contributed by atoms with Crippen LogP contribution in [0.15, 0.2) is 12.2 Å². The number of nitrogens with one attached hydrogen (secondary N) is 2. The smallest absolute Gasteiger partial charge is 0.328 e. The van der Waals surface area contributed by atoms with Crippen LogP contribution in [0.25, 0.3) is 0 Å². The molecule has 0 unspecified atom stereocenters. The first-order valence-electron chi connectivity index (χ1n) is 4.06. The molecule has 0 heterocycles. The highest BCUT2D eigenvalue weighted by atomic mass is 16.4. The van der Waals surface area contributed by atoms with Crippen LogP contribution in [-0.2, 0) is 14.4 Å². The van der Waals surface area contributed by atoms with Gasteiger partial charge >= 0.3 is 11.9 Å². The fourth-order valence-corrected chi connectivity index (χ4v) is 0.771. The minimum atomic E-state index is -1.27. The molecule has 0 bridgehead atoms. The quantitative estimate of drug-likeness (QED) is 0.398. The summed E-state index contributed by atoms with van der Waals surface area (Å²) in [6, 6.07) is -1.08. The van der Waals surface area contributed by atoms with Gasteiger partial charge in [-0.2, -0.15) is 0 Å². The van der Waals surface area contributed by atoms with Crippen LogP contribution in [0.1, 0.15) is 0 Å². The predicted octanol–water partition coefficient (Wildman–Crippen LogP) is -1.58.